The summed E-state index contributed by atoms with van der Waals surface area (Å²) in [6, 6.07) is 28.8. The topological polar surface area (TPSA) is 29.5 Å². The zero-order valence-electron chi connectivity index (χ0n) is 18.3. The predicted octanol–water partition coefficient (Wildman–Crippen LogP) is 6.01. The van der Waals surface area contributed by atoms with Crippen LogP contribution in [0.1, 0.15) is 30.9 Å². The summed E-state index contributed by atoms with van der Waals surface area (Å²) in [6.45, 7) is 7.29. The first-order chi connectivity index (χ1) is 15.2. The second-order valence-electron chi connectivity index (χ2n) is 7.76. The molecule has 3 nitrogen and oxygen atoms in total. The Morgan fingerprint density at radius 3 is 1.74 bits per heavy atom. The lowest BCUT2D eigenvalue weighted by molar-refractivity contribution is -0.144. The molecule has 0 unspecified atom stereocenters. The molecule has 3 heteroatoms. The second-order valence-corrected chi connectivity index (χ2v) is 7.76. The third kappa shape index (κ3) is 4.47. The third-order valence-corrected chi connectivity index (χ3v) is 6.05. The Kier molecular flexibility index (Phi) is 6.63. The summed E-state index contributed by atoms with van der Waals surface area (Å²) in [6.07, 6.45) is 0. The van der Waals surface area contributed by atoms with Crippen molar-refractivity contribution in [2.75, 3.05) is 26.2 Å². The van der Waals surface area contributed by atoms with Gasteiger partial charge in [0.25, 0.3) is 0 Å². The van der Waals surface area contributed by atoms with Gasteiger partial charge in [0.1, 0.15) is 12.5 Å². The number of hydrogen-bond acceptors (Lipinski definition) is 3. The molecule has 4 aromatic rings. The summed E-state index contributed by atoms with van der Waals surface area (Å²) >= 11 is 0. The van der Waals surface area contributed by atoms with Gasteiger partial charge in [0.05, 0.1) is 0 Å². The van der Waals surface area contributed by atoms with Crippen LogP contribution in [-0.2, 0) is 9.53 Å². The minimum atomic E-state index is -0.478. The quantitative estimate of drug-likeness (QED) is 0.333. The van der Waals surface area contributed by atoms with E-state index in [-0.39, 0.29) is 5.97 Å². The van der Waals surface area contributed by atoms with Crippen LogP contribution in [0.3, 0.4) is 0 Å². The first-order valence-corrected chi connectivity index (χ1v) is 11.1. The number of benzene rings is 4. The molecule has 4 rings (SSSR count). The van der Waals surface area contributed by atoms with Gasteiger partial charge in [-0.25, -0.2) is 0 Å². The Hall–Kier alpha value is -3.17. The van der Waals surface area contributed by atoms with Crippen molar-refractivity contribution in [3.63, 3.8) is 0 Å². The third-order valence-electron chi connectivity index (χ3n) is 6.05. The van der Waals surface area contributed by atoms with Crippen LogP contribution in [0, 0.1) is 0 Å². The molecule has 0 bridgehead atoms. The molecule has 0 N–H and O–H groups in total. The maximum atomic E-state index is 13.5. The second kappa shape index (κ2) is 9.76. The first kappa shape index (κ1) is 21.1. The van der Waals surface area contributed by atoms with Crippen LogP contribution in [0.4, 0.5) is 0 Å². The van der Waals surface area contributed by atoms with Gasteiger partial charge < -0.3 is 9.64 Å². The SMILES string of the molecule is CCN(CC)CCOC(=O)C(c1cccc2ccccc12)c1cccc2ccccc12. The Morgan fingerprint density at radius 1 is 0.742 bits per heavy atom. The van der Waals surface area contributed by atoms with Gasteiger partial charge in [0.15, 0.2) is 0 Å². The molecule has 0 spiro atoms. The molecule has 4 aromatic carbocycles. The maximum Gasteiger partial charge on any atom is 0.318 e. The lowest BCUT2D eigenvalue weighted by Crippen LogP contribution is -2.29. The van der Waals surface area contributed by atoms with Crippen molar-refractivity contribution in [3.8, 4) is 0 Å². The maximum absolute atomic E-state index is 13.5. The summed E-state index contributed by atoms with van der Waals surface area (Å²) in [5.41, 5.74) is 1.98. The molecule has 0 aliphatic rings. The molecule has 0 atom stereocenters. The molecule has 0 amide bonds. The molecule has 0 saturated heterocycles. The Balaban J connectivity index is 1.78. The van der Waals surface area contributed by atoms with Crippen LogP contribution in [0.5, 0.6) is 0 Å². The highest BCUT2D eigenvalue weighted by molar-refractivity contribution is 5.97. The van der Waals surface area contributed by atoms with Crippen molar-refractivity contribution in [2.45, 2.75) is 19.8 Å². The largest absolute Gasteiger partial charge is 0.464 e. The van der Waals surface area contributed by atoms with E-state index in [1.807, 2.05) is 36.4 Å². The number of carbonyl (C=O) groups is 1. The van der Waals surface area contributed by atoms with E-state index in [9.17, 15) is 4.79 Å². The first-order valence-electron chi connectivity index (χ1n) is 11.1. The van der Waals surface area contributed by atoms with Crippen LogP contribution in [0.2, 0.25) is 0 Å². The molecular formula is C28H29NO2. The number of fused-ring (bicyclic) bond motifs is 2. The van der Waals surface area contributed by atoms with Crippen LogP contribution in [0.15, 0.2) is 84.9 Å². The molecule has 0 aliphatic carbocycles. The number of carbonyl (C=O) groups excluding carboxylic acids is 1. The smallest absolute Gasteiger partial charge is 0.318 e. The van der Waals surface area contributed by atoms with Crippen LogP contribution < -0.4 is 0 Å². The van der Waals surface area contributed by atoms with Gasteiger partial charge in [-0.05, 0) is 45.8 Å². The van der Waals surface area contributed by atoms with E-state index in [0.717, 1.165) is 52.3 Å². The van der Waals surface area contributed by atoms with Gasteiger partial charge in [0.2, 0.25) is 0 Å². The molecule has 0 radical (unpaired) electrons. The molecule has 0 saturated carbocycles. The number of hydrogen-bond donors (Lipinski definition) is 0. The summed E-state index contributed by atoms with van der Waals surface area (Å²) in [7, 11) is 0. The molecule has 0 aromatic heterocycles. The fourth-order valence-corrected chi connectivity index (χ4v) is 4.32. The average molecular weight is 412 g/mol. The van der Waals surface area contributed by atoms with Gasteiger partial charge in [-0.15, -0.1) is 0 Å². The normalized spacial score (nSPS) is 11.5. The molecule has 158 valence electrons. The lowest BCUT2D eigenvalue weighted by atomic mass is 9.85. The van der Waals surface area contributed by atoms with Gasteiger partial charge in [-0.2, -0.15) is 0 Å². The number of rotatable bonds is 8. The van der Waals surface area contributed by atoms with Crippen molar-refractivity contribution in [1.82, 2.24) is 4.90 Å². The fourth-order valence-electron chi connectivity index (χ4n) is 4.32. The minimum absolute atomic E-state index is 0.195. The number of ether oxygens (including phenoxy) is 1. The summed E-state index contributed by atoms with van der Waals surface area (Å²) in [4.78, 5) is 15.8. The highest BCUT2D eigenvalue weighted by atomic mass is 16.5. The van der Waals surface area contributed by atoms with Crippen LogP contribution >= 0.6 is 0 Å². The molecular weight excluding hydrogens is 382 g/mol. The lowest BCUT2D eigenvalue weighted by Gasteiger charge is -2.22. The molecule has 0 aliphatic heterocycles. The monoisotopic (exact) mass is 411 g/mol. The van der Waals surface area contributed by atoms with Crippen molar-refractivity contribution in [1.29, 1.82) is 0 Å². The van der Waals surface area contributed by atoms with Gasteiger partial charge >= 0.3 is 5.97 Å². The van der Waals surface area contributed by atoms with Gasteiger partial charge in [-0.3, -0.25) is 4.79 Å². The van der Waals surface area contributed by atoms with Gasteiger partial charge in [0, 0.05) is 6.54 Å². The molecule has 0 fully saturated rings. The standard InChI is InChI=1S/C28H29NO2/c1-3-29(4-2)19-20-31-28(30)27(25-17-9-13-21-11-5-7-15-23(21)25)26-18-10-14-22-12-6-8-16-24(22)26/h5-18,27H,3-4,19-20H2,1-2H3. The van der Waals surface area contributed by atoms with Gasteiger partial charge in [-0.1, -0.05) is 98.8 Å². The van der Waals surface area contributed by atoms with Crippen LogP contribution in [0.25, 0.3) is 21.5 Å². The molecule has 0 heterocycles. The van der Waals surface area contributed by atoms with E-state index in [0.29, 0.717) is 6.61 Å². The Labute approximate surface area is 184 Å². The van der Waals surface area contributed by atoms with Crippen molar-refractivity contribution in [2.24, 2.45) is 0 Å². The number of likely N-dealkylation sites (N-methyl/N-ethyl adjacent to an activating group) is 1. The summed E-state index contributed by atoms with van der Waals surface area (Å²) < 4.78 is 5.86. The Morgan fingerprint density at radius 2 is 1.23 bits per heavy atom. The van der Waals surface area contributed by atoms with Crippen molar-refractivity contribution in [3.05, 3.63) is 96.1 Å². The van der Waals surface area contributed by atoms with Crippen molar-refractivity contribution >= 4 is 27.5 Å². The van der Waals surface area contributed by atoms with Crippen molar-refractivity contribution < 1.29 is 9.53 Å². The average Bonchev–Trinajstić information content (AvgIpc) is 2.82. The summed E-state index contributed by atoms with van der Waals surface area (Å²) in [5.74, 6) is -0.672. The Bertz CT molecular complexity index is 1090. The fraction of sp³-hybridized carbons (Fsp3) is 0.250. The highest BCUT2D eigenvalue weighted by Gasteiger charge is 2.27. The van der Waals surface area contributed by atoms with Crippen LogP contribution in [-0.4, -0.2) is 37.1 Å². The predicted molar refractivity (Wildman–Crippen MR) is 128 cm³/mol. The molecule has 31 heavy (non-hydrogen) atoms. The number of esters is 1. The van der Waals surface area contributed by atoms with E-state index < -0.39 is 5.92 Å². The van der Waals surface area contributed by atoms with E-state index in [2.05, 4.69) is 67.3 Å². The van der Waals surface area contributed by atoms with E-state index in [1.54, 1.807) is 0 Å². The van der Waals surface area contributed by atoms with E-state index in [4.69, 9.17) is 4.74 Å². The highest BCUT2D eigenvalue weighted by Crippen LogP contribution is 2.35. The zero-order chi connectivity index (χ0) is 21.6. The van der Waals surface area contributed by atoms with E-state index in [1.165, 1.54) is 0 Å². The summed E-state index contributed by atoms with van der Waals surface area (Å²) in [5, 5.41) is 4.43. The van der Waals surface area contributed by atoms with E-state index >= 15 is 0 Å². The minimum Gasteiger partial charge on any atom is -0.464 e. The zero-order valence-corrected chi connectivity index (χ0v) is 18.3. The number of nitrogens with zero attached hydrogens (tertiary/aromatic N) is 1.